The minimum atomic E-state index is 0.813. The number of furan rings is 1. The lowest BCUT2D eigenvalue weighted by Crippen LogP contribution is -1.93. The summed E-state index contributed by atoms with van der Waals surface area (Å²) in [5, 5.41) is 5.50. The third kappa shape index (κ3) is 8.52. The lowest BCUT2D eigenvalue weighted by Gasteiger charge is -2.10. The molecule has 386 valence electrons. The van der Waals surface area contributed by atoms with Gasteiger partial charge in [0.25, 0.3) is 0 Å². The molecule has 0 saturated heterocycles. The van der Waals surface area contributed by atoms with Gasteiger partial charge in [-0.3, -0.25) is 29.9 Å². The van der Waals surface area contributed by atoms with Crippen molar-refractivity contribution in [1.29, 1.82) is 0 Å². The van der Waals surface area contributed by atoms with Crippen molar-refractivity contribution in [3.8, 4) is 78.5 Å². The molecule has 0 saturated carbocycles. The molecular weight excluding hydrogens is 1000 g/mol. The van der Waals surface area contributed by atoms with Crippen LogP contribution < -0.4 is 0 Å². The Hall–Kier alpha value is -11.2. The molecule has 0 bridgehead atoms. The number of aromatic nitrogens is 8. The molecule has 15 aromatic rings. The van der Waals surface area contributed by atoms with E-state index in [-0.39, 0.29) is 0 Å². The fourth-order valence-corrected chi connectivity index (χ4v) is 11.7. The highest BCUT2D eigenvalue weighted by atomic mass is 16.3. The number of nitrogens with zero attached hydrogens (tertiary/aromatic N) is 8. The Labute approximate surface area is 472 Å². The van der Waals surface area contributed by atoms with Crippen LogP contribution in [-0.2, 0) is 0 Å². The Kier molecular flexibility index (Phi) is 11.9. The lowest BCUT2D eigenvalue weighted by molar-refractivity contribution is 0.669. The fraction of sp³-hybridized carbons (Fsp3) is 0.0137. The van der Waals surface area contributed by atoms with E-state index in [1.807, 2.05) is 12.4 Å². The topological polar surface area (TPSA) is 100 Å². The molecule has 9 heteroatoms. The van der Waals surface area contributed by atoms with Gasteiger partial charge in [0.1, 0.15) is 11.2 Å². The Morgan fingerprint density at radius 2 is 0.951 bits per heavy atom. The Morgan fingerprint density at radius 1 is 0.402 bits per heavy atom. The maximum Gasteiger partial charge on any atom is 0.135 e. The van der Waals surface area contributed by atoms with Crippen LogP contribution in [-0.4, -0.2) is 39.0 Å². The van der Waals surface area contributed by atoms with Gasteiger partial charge in [-0.1, -0.05) is 121 Å². The van der Waals surface area contributed by atoms with Gasteiger partial charge in [-0.05, 0) is 142 Å². The zero-order valence-electron chi connectivity index (χ0n) is 44.5. The van der Waals surface area contributed by atoms with Gasteiger partial charge < -0.3 is 13.6 Å². The molecule has 6 heterocycles. The van der Waals surface area contributed by atoms with Gasteiger partial charge in [-0.25, -0.2) is 0 Å². The molecule has 0 atom stereocenters. The average molecular weight is 1050 g/mol. The fourth-order valence-electron chi connectivity index (χ4n) is 11.7. The first-order valence-corrected chi connectivity index (χ1v) is 27.3. The third-order valence-electron chi connectivity index (χ3n) is 15.5. The minimum Gasteiger partial charge on any atom is -0.456 e. The minimum absolute atomic E-state index is 0.813. The van der Waals surface area contributed by atoms with Crippen LogP contribution >= 0.6 is 0 Å². The van der Waals surface area contributed by atoms with Crippen LogP contribution in [0, 0.1) is 0 Å². The normalized spacial score (nSPS) is 12.0. The molecule has 0 N–H and O–H groups in total. The Bertz CT molecular complexity index is 4980. The molecule has 0 unspecified atom stereocenters. The summed E-state index contributed by atoms with van der Waals surface area (Å²) < 4.78 is 11.3. The lowest BCUT2D eigenvalue weighted by atomic mass is 9.95. The van der Waals surface area contributed by atoms with Crippen LogP contribution in [0.5, 0.6) is 0 Å². The number of hydrogen-bond acceptors (Lipinski definition) is 7. The van der Waals surface area contributed by atoms with Crippen LogP contribution in [0.15, 0.2) is 273 Å². The summed E-state index contributed by atoms with van der Waals surface area (Å²) in [7, 11) is 0. The number of allylic oxidation sites excluding steroid dienone is 3. The third-order valence-corrected chi connectivity index (χ3v) is 15.5. The van der Waals surface area contributed by atoms with Crippen LogP contribution in [0.25, 0.3) is 145 Å². The largest absolute Gasteiger partial charge is 0.456 e. The number of fused-ring (bicyclic) bond motifs is 7. The summed E-state index contributed by atoms with van der Waals surface area (Å²) in [4.78, 5) is 27.2. The summed E-state index contributed by atoms with van der Waals surface area (Å²) in [5.74, 6) is 0. The SMILES string of the molecule is C/C=C\C(=C/c1cn(-c2ccc3oc4ccc(-c5ccc6c(c5)c5cc(-c7ccccc7-c7cnccn7)ccc5n6-c5ccccc5)cc4c3c2)c2ccc(-c3cccc(-c4cnccn4)c3)cc12)c1ccccc1-c1cnccn1. The second-order valence-electron chi connectivity index (χ2n) is 20.4. The molecule has 0 aliphatic heterocycles. The van der Waals surface area contributed by atoms with Gasteiger partial charge in [0.15, 0.2) is 0 Å². The molecule has 82 heavy (non-hydrogen) atoms. The molecule has 6 aromatic heterocycles. The zero-order valence-corrected chi connectivity index (χ0v) is 44.5. The van der Waals surface area contributed by atoms with E-state index in [0.717, 1.165) is 150 Å². The van der Waals surface area contributed by atoms with Crippen molar-refractivity contribution < 1.29 is 4.42 Å². The average Bonchev–Trinajstić information content (AvgIpc) is 4.41. The molecule has 0 spiro atoms. The maximum absolute atomic E-state index is 6.63. The van der Waals surface area contributed by atoms with Gasteiger partial charge in [0.2, 0.25) is 0 Å². The number of benzene rings is 9. The van der Waals surface area contributed by atoms with Crippen molar-refractivity contribution in [2.75, 3.05) is 0 Å². The van der Waals surface area contributed by atoms with Crippen LogP contribution in [0.4, 0.5) is 0 Å². The van der Waals surface area contributed by atoms with Crippen molar-refractivity contribution in [3.05, 3.63) is 279 Å². The molecule has 0 amide bonds. The molecule has 9 aromatic carbocycles. The highest BCUT2D eigenvalue weighted by Gasteiger charge is 2.20. The van der Waals surface area contributed by atoms with E-state index in [2.05, 4.69) is 260 Å². The number of rotatable bonds is 11. The summed E-state index contributed by atoms with van der Waals surface area (Å²) in [6, 6.07) is 69.5. The van der Waals surface area contributed by atoms with Gasteiger partial charge in [0.05, 0.1) is 52.2 Å². The van der Waals surface area contributed by atoms with Crippen LogP contribution in [0.3, 0.4) is 0 Å². The molecule has 0 aliphatic rings. The first kappa shape index (κ1) is 48.0. The van der Waals surface area contributed by atoms with Gasteiger partial charge in [-0.2, -0.15) is 0 Å². The van der Waals surface area contributed by atoms with Gasteiger partial charge >= 0.3 is 0 Å². The van der Waals surface area contributed by atoms with Crippen molar-refractivity contribution in [1.82, 2.24) is 39.0 Å². The van der Waals surface area contributed by atoms with Crippen molar-refractivity contribution >= 4 is 66.3 Å². The second kappa shape index (κ2) is 20.3. The standard InChI is InChI=1S/C73H48N8O/c1-2-11-51(57-16-6-8-18-59(57)67-44-75-31-34-78-67)37-54-46-80(69-25-20-48(38-61(54)69)47-12-10-13-53(36-47)66-43-74-30-33-77-66)56-24-29-73-65(42-56)64-40-50(23-28-72(64)82-73)49-21-26-70-62(39-49)63-41-52(22-27-71(63)81(70)55-14-4-3-5-15-55)58-17-7-9-19-60(58)68-45-76-32-35-79-68/h2-46H,1H3/b11-2-,51-37+. The Morgan fingerprint density at radius 3 is 1.66 bits per heavy atom. The summed E-state index contributed by atoms with van der Waals surface area (Å²) in [6.07, 6.45) is 24.6. The van der Waals surface area contributed by atoms with E-state index in [4.69, 9.17) is 9.40 Å². The summed E-state index contributed by atoms with van der Waals surface area (Å²) in [5.41, 5.74) is 22.4. The van der Waals surface area contributed by atoms with E-state index in [9.17, 15) is 0 Å². The smallest absolute Gasteiger partial charge is 0.135 e. The van der Waals surface area contributed by atoms with Crippen molar-refractivity contribution in [3.63, 3.8) is 0 Å². The monoisotopic (exact) mass is 1050 g/mol. The molecular formula is C73H48N8O. The second-order valence-corrected chi connectivity index (χ2v) is 20.4. The van der Waals surface area contributed by atoms with E-state index in [0.29, 0.717) is 0 Å². The summed E-state index contributed by atoms with van der Waals surface area (Å²) >= 11 is 0. The highest BCUT2D eigenvalue weighted by Crippen LogP contribution is 2.42. The van der Waals surface area contributed by atoms with Gasteiger partial charge in [0, 0.05) is 104 Å². The van der Waals surface area contributed by atoms with E-state index in [1.165, 1.54) is 0 Å². The highest BCUT2D eigenvalue weighted by molar-refractivity contribution is 6.13. The predicted molar refractivity (Wildman–Crippen MR) is 333 cm³/mol. The number of hydrogen-bond donors (Lipinski definition) is 0. The van der Waals surface area contributed by atoms with Crippen LogP contribution in [0.1, 0.15) is 18.1 Å². The van der Waals surface area contributed by atoms with Crippen molar-refractivity contribution in [2.24, 2.45) is 0 Å². The van der Waals surface area contributed by atoms with Gasteiger partial charge in [-0.15, -0.1) is 0 Å². The first-order chi connectivity index (χ1) is 40.6. The number of para-hydroxylation sites is 1. The quantitative estimate of drug-likeness (QED) is 0.119. The van der Waals surface area contributed by atoms with E-state index >= 15 is 0 Å². The molecule has 9 nitrogen and oxygen atoms in total. The first-order valence-electron chi connectivity index (χ1n) is 27.3. The predicted octanol–water partition coefficient (Wildman–Crippen LogP) is 18.1. The summed E-state index contributed by atoms with van der Waals surface area (Å²) in [6.45, 7) is 2.06. The molecule has 0 fully saturated rings. The molecule has 15 rings (SSSR count). The maximum atomic E-state index is 6.63. The van der Waals surface area contributed by atoms with Crippen molar-refractivity contribution in [2.45, 2.75) is 6.92 Å². The molecule has 0 aliphatic carbocycles. The van der Waals surface area contributed by atoms with Crippen LogP contribution in [0.2, 0.25) is 0 Å². The molecule has 0 radical (unpaired) electrons. The zero-order chi connectivity index (χ0) is 54.5. The Balaban J connectivity index is 0.870. The van der Waals surface area contributed by atoms with E-state index in [1.54, 1.807) is 43.4 Å². The van der Waals surface area contributed by atoms with E-state index < -0.39 is 0 Å².